The van der Waals surface area contributed by atoms with E-state index >= 15 is 0 Å². The molecule has 0 aromatic heterocycles. The minimum Gasteiger partial charge on any atom is -0.368 e. The fraction of sp³-hybridized carbons (Fsp3) is 0.259. The first-order valence-corrected chi connectivity index (χ1v) is 11.3. The summed E-state index contributed by atoms with van der Waals surface area (Å²) in [6.45, 7) is 5.08. The van der Waals surface area contributed by atoms with Gasteiger partial charge in [0.05, 0.1) is 6.42 Å². The van der Waals surface area contributed by atoms with E-state index in [1.54, 1.807) is 11.9 Å². The van der Waals surface area contributed by atoms with Crippen molar-refractivity contribution in [3.8, 4) is 0 Å². The van der Waals surface area contributed by atoms with Crippen molar-refractivity contribution in [1.29, 1.82) is 0 Å². The lowest BCUT2D eigenvalue weighted by molar-refractivity contribution is -0.117. The SMILES string of the molecule is Cc1cccc(N2CCN(C(=O)Nc3ccc(CC(=O)N(C)c4ccccc4)cc3)CC2)c1. The van der Waals surface area contributed by atoms with Gasteiger partial charge in [-0.3, -0.25) is 4.79 Å². The van der Waals surface area contributed by atoms with Gasteiger partial charge in [0, 0.05) is 50.3 Å². The van der Waals surface area contributed by atoms with Crippen molar-refractivity contribution in [3.63, 3.8) is 0 Å². The third kappa shape index (κ3) is 5.71. The Labute approximate surface area is 195 Å². The van der Waals surface area contributed by atoms with Crippen molar-refractivity contribution < 1.29 is 9.59 Å². The van der Waals surface area contributed by atoms with Crippen molar-refractivity contribution in [2.45, 2.75) is 13.3 Å². The molecule has 170 valence electrons. The summed E-state index contributed by atoms with van der Waals surface area (Å²) in [6.07, 6.45) is 0.306. The van der Waals surface area contributed by atoms with Crippen LogP contribution in [-0.4, -0.2) is 50.1 Å². The normalized spacial score (nSPS) is 13.5. The summed E-state index contributed by atoms with van der Waals surface area (Å²) in [4.78, 5) is 31.1. The number of para-hydroxylation sites is 1. The molecular weight excluding hydrogens is 412 g/mol. The summed E-state index contributed by atoms with van der Waals surface area (Å²) < 4.78 is 0. The van der Waals surface area contributed by atoms with Crippen LogP contribution in [0.2, 0.25) is 0 Å². The fourth-order valence-electron chi connectivity index (χ4n) is 3.99. The second-order valence-electron chi connectivity index (χ2n) is 8.41. The molecule has 1 heterocycles. The molecule has 6 heteroatoms. The quantitative estimate of drug-likeness (QED) is 0.631. The van der Waals surface area contributed by atoms with Crippen molar-refractivity contribution in [2.24, 2.45) is 0 Å². The van der Waals surface area contributed by atoms with Gasteiger partial charge in [-0.05, 0) is 54.4 Å². The van der Waals surface area contributed by atoms with Crippen LogP contribution in [0.5, 0.6) is 0 Å². The first-order valence-electron chi connectivity index (χ1n) is 11.3. The van der Waals surface area contributed by atoms with Crippen molar-refractivity contribution >= 4 is 29.0 Å². The van der Waals surface area contributed by atoms with Crippen molar-refractivity contribution in [2.75, 3.05) is 48.3 Å². The van der Waals surface area contributed by atoms with Crippen molar-refractivity contribution in [3.05, 3.63) is 90.0 Å². The number of hydrogen-bond donors (Lipinski definition) is 1. The van der Waals surface area contributed by atoms with E-state index in [4.69, 9.17) is 0 Å². The van der Waals surface area contributed by atoms with E-state index in [1.807, 2.05) is 59.5 Å². The highest BCUT2D eigenvalue weighted by Gasteiger charge is 2.21. The number of hydrogen-bond acceptors (Lipinski definition) is 3. The Kier molecular flexibility index (Phi) is 6.93. The average Bonchev–Trinajstić information content (AvgIpc) is 2.85. The number of carbonyl (C=O) groups is 2. The van der Waals surface area contributed by atoms with Gasteiger partial charge < -0.3 is 20.0 Å². The first-order chi connectivity index (χ1) is 16.0. The van der Waals surface area contributed by atoms with Crippen LogP contribution >= 0.6 is 0 Å². The molecule has 33 heavy (non-hydrogen) atoms. The molecule has 1 aliphatic rings. The lowest BCUT2D eigenvalue weighted by Gasteiger charge is -2.36. The molecule has 0 atom stereocenters. The first kappa shape index (κ1) is 22.4. The lowest BCUT2D eigenvalue weighted by Crippen LogP contribution is -2.50. The molecule has 0 bridgehead atoms. The van der Waals surface area contributed by atoms with E-state index in [0.717, 1.165) is 30.0 Å². The molecule has 0 spiro atoms. The highest BCUT2D eigenvalue weighted by atomic mass is 16.2. The third-order valence-electron chi connectivity index (χ3n) is 6.01. The lowest BCUT2D eigenvalue weighted by atomic mass is 10.1. The van der Waals surface area contributed by atoms with Gasteiger partial charge in [-0.15, -0.1) is 0 Å². The molecule has 0 unspecified atom stereocenters. The smallest absolute Gasteiger partial charge is 0.321 e. The predicted octanol–water partition coefficient (Wildman–Crippen LogP) is 4.55. The number of carbonyl (C=O) groups excluding carboxylic acids is 2. The number of benzene rings is 3. The van der Waals surface area contributed by atoms with E-state index in [9.17, 15) is 9.59 Å². The summed E-state index contributed by atoms with van der Waals surface area (Å²) in [6, 6.07) is 25.4. The van der Waals surface area contributed by atoms with Crippen LogP contribution in [0.15, 0.2) is 78.9 Å². The number of aryl methyl sites for hydroxylation is 1. The Morgan fingerprint density at radius 3 is 2.24 bits per heavy atom. The Morgan fingerprint density at radius 2 is 1.58 bits per heavy atom. The summed E-state index contributed by atoms with van der Waals surface area (Å²) in [5, 5.41) is 2.98. The van der Waals surface area contributed by atoms with E-state index in [2.05, 4.69) is 41.4 Å². The Morgan fingerprint density at radius 1 is 0.879 bits per heavy atom. The topological polar surface area (TPSA) is 55.9 Å². The van der Waals surface area contributed by atoms with Crippen LogP contribution in [-0.2, 0) is 11.2 Å². The van der Waals surface area contributed by atoms with Gasteiger partial charge in [0.2, 0.25) is 5.91 Å². The van der Waals surface area contributed by atoms with Crippen LogP contribution in [0.25, 0.3) is 0 Å². The molecular formula is C27H30N4O2. The number of piperazine rings is 1. The Bertz CT molecular complexity index is 1090. The second kappa shape index (κ2) is 10.2. The van der Waals surface area contributed by atoms with Gasteiger partial charge in [-0.2, -0.15) is 0 Å². The minimum absolute atomic E-state index is 0.0180. The molecule has 3 aromatic rings. The predicted molar refractivity (Wildman–Crippen MR) is 134 cm³/mol. The molecule has 3 aromatic carbocycles. The minimum atomic E-state index is -0.0912. The molecule has 3 amide bonds. The summed E-state index contributed by atoms with van der Waals surface area (Å²) in [7, 11) is 1.78. The molecule has 1 N–H and O–H groups in total. The number of urea groups is 1. The molecule has 1 saturated heterocycles. The van der Waals surface area contributed by atoms with E-state index in [-0.39, 0.29) is 11.9 Å². The largest absolute Gasteiger partial charge is 0.368 e. The van der Waals surface area contributed by atoms with E-state index < -0.39 is 0 Å². The highest BCUT2D eigenvalue weighted by Crippen LogP contribution is 2.19. The summed E-state index contributed by atoms with van der Waals surface area (Å²) in [5.74, 6) is 0.0180. The van der Waals surface area contributed by atoms with Gasteiger partial charge in [0.1, 0.15) is 0 Å². The second-order valence-corrected chi connectivity index (χ2v) is 8.41. The molecule has 0 radical (unpaired) electrons. The third-order valence-corrected chi connectivity index (χ3v) is 6.01. The molecule has 1 fully saturated rings. The standard InChI is InChI=1S/C27H30N4O2/c1-21-7-6-10-25(19-21)30-15-17-31(18-16-30)27(33)28-23-13-11-22(12-14-23)20-26(32)29(2)24-8-4-3-5-9-24/h3-14,19H,15-18,20H2,1-2H3,(H,28,33). The molecule has 6 nitrogen and oxygen atoms in total. The number of anilines is 3. The number of nitrogens with zero attached hydrogens (tertiary/aromatic N) is 3. The number of amides is 3. The maximum Gasteiger partial charge on any atom is 0.321 e. The highest BCUT2D eigenvalue weighted by molar-refractivity contribution is 5.94. The zero-order valence-corrected chi connectivity index (χ0v) is 19.2. The Hall–Kier alpha value is -3.80. The fourth-order valence-corrected chi connectivity index (χ4v) is 3.99. The van der Waals surface area contributed by atoms with Crippen LogP contribution < -0.4 is 15.1 Å². The average molecular weight is 443 g/mol. The molecule has 4 rings (SSSR count). The number of nitrogens with one attached hydrogen (secondary N) is 1. The number of rotatable bonds is 5. The maximum absolute atomic E-state index is 12.7. The number of likely N-dealkylation sites (N-methyl/N-ethyl adjacent to an activating group) is 1. The van der Waals surface area contributed by atoms with Crippen LogP contribution in [0.1, 0.15) is 11.1 Å². The molecule has 0 saturated carbocycles. The maximum atomic E-state index is 12.7. The van der Waals surface area contributed by atoms with Crippen LogP contribution in [0, 0.1) is 6.92 Å². The van der Waals surface area contributed by atoms with Crippen molar-refractivity contribution in [1.82, 2.24) is 4.90 Å². The summed E-state index contributed by atoms with van der Waals surface area (Å²) >= 11 is 0. The molecule has 0 aliphatic carbocycles. The van der Waals surface area contributed by atoms with Gasteiger partial charge in [-0.25, -0.2) is 4.79 Å². The van der Waals surface area contributed by atoms with Gasteiger partial charge in [0.15, 0.2) is 0 Å². The van der Waals surface area contributed by atoms with Gasteiger partial charge >= 0.3 is 6.03 Å². The van der Waals surface area contributed by atoms with E-state index in [0.29, 0.717) is 19.5 Å². The van der Waals surface area contributed by atoms with Gasteiger partial charge in [-0.1, -0.05) is 42.5 Å². The molecule has 1 aliphatic heterocycles. The van der Waals surface area contributed by atoms with E-state index in [1.165, 1.54) is 11.3 Å². The zero-order valence-electron chi connectivity index (χ0n) is 19.2. The monoisotopic (exact) mass is 442 g/mol. The van der Waals surface area contributed by atoms with Crippen LogP contribution in [0.3, 0.4) is 0 Å². The van der Waals surface area contributed by atoms with Gasteiger partial charge in [0.25, 0.3) is 0 Å². The zero-order chi connectivity index (χ0) is 23.2. The Balaban J connectivity index is 1.27. The summed E-state index contributed by atoms with van der Waals surface area (Å²) in [5.41, 5.74) is 4.96. The van der Waals surface area contributed by atoms with Crippen LogP contribution in [0.4, 0.5) is 21.9 Å².